The Bertz CT molecular complexity index is 1410. The number of rotatable bonds is 6. The molecular weight excluding hydrogens is 454 g/mol. The first-order valence-corrected chi connectivity index (χ1v) is 14.4. The van der Waals surface area contributed by atoms with Gasteiger partial charge in [-0.25, -0.2) is 18.4 Å². The van der Waals surface area contributed by atoms with Crippen molar-refractivity contribution < 1.29 is 8.42 Å². The number of nitrogens with one attached hydrogen (secondary N) is 1. The molecule has 33 heavy (non-hydrogen) atoms. The lowest BCUT2D eigenvalue weighted by atomic mass is 9.97. The lowest BCUT2D eigenvalue weighted by Gasteiger charge is -2.30. The molecule has 0 aromatic carbocycles. The summed E-state index contributed by atoms with van der Waals surface area (Å²) in [5.74, 6) is 1.02. The van der Waals surface area contributed by atoms with Crippen molar-refractivity contribution in [1.82, 2.24) is 24.4 Å². The fourth-order valence-electron chi connectivity index (χ4n) is 4.96. The van der Waals surface area contributed by atoms with Crippen LogP contribution in [0.4, 0.5) is 0 Å². The standard InChI is InChI=1S/C24H31N5O2S2/c1-15(2)19-20(18-14-28(3)22-17(18)6-5-9-25-22)26-24-21(19)27-23(32-24)16-7-10-29(11-8-16)12-13-33(4,30)31/h5-6,9,14-16,26H,7-8,10-13H2,1-4H3. The molecule has 1 aliphatic rings. The Balaban J connectivity index is 1.43. The quantitative estimate of drug-likeness (QED) is 0.434. The van der Waals surface area contributed by atoms with Gasteiger partial charge in [0.15, 0.2) is 0 Å². The molecule has 0 aliphatic carbocycles. The number of pyridine rings is 1. The van der Waals surface area contributed by atoms with E-state index in [2.05, 4.69) is 45.5 Å². The Morgan fingerprint density at radius 1 is 1.27 bits per heavy atom. The number of thiazole rings is 1. The Kier molecular flexibility index (Phi) is 5.83. The van der Waals surface area contributed by atoms with Gasteiger partial charge in [0.2, 0.25) is 0 Å². The number of fused-ring (bicyclic) bond motifs is 2. The van der Waals surface area contributed by atoms with E-state index in [1.165, 1.54) is 22.4 Å². The minimum atomic E-state index is -2.91. The molecule has 1 aliphatic heterocycles. The van der Waals surface area contributed by atoms with Crippen molar-refractivity contribution in [3.05, 3.63) is 35.1 Å². The Hall–Kier alpha value is -2.23. The van der Waals surface area contributed by atoms with E-state index in [1.54, 1.807) is 11.3 Å². The second-order valence-corrected chi connectivity index (χ2v) is 12.9. The fraction of sp³-hybridized carbons (Fsp3) is 0.500. The van der Waals surface area contributed by atoms with Crippen LogP contribution in [0.15, 0.2) is 24.5 Å². The van der Waals surface area contributed by atoms with Crippen LogP contribution in [0.1, 0.15) is 49.1 Å². The third-order valence-corrected chi connectivity index (χ3v) is 8.76. The molecule has 4 aromatic rings. The predicted molar refractivity (Wildman–Crippen MR) is 136 cm³/mol. The van der Waals surface area contributed by atoms with Gasteiger partial charge in [0.25, 0.3) is 0 Å². The summed E-state index contributed by atoms with van der Waals surface area (Å²) in [5.41, 5.74) is 5.68. The van der Waals surface area contributed by atoms with E-state index in [0.29, 0.717) is 18.4 Å². The van der Waals surface area contributed by atoms with E-state index in [1.807, 2.05) is 19.3 Å². The fourth-order valence-corrected chi connectivity index (χ4v) is 6.71. The number of H-pyrrole nitrogens is 1. The van der Waals surface area contributed by atoms with Crippen molar-refractivity contribution in [2.75, 3.05) is 31.6 Å². The molecule has 0 bridgehead atoms. The number of sulfone groups is 1. The molecule has 0 radical (unpaired) electrons. The zero-order valence-electron chi connectivity index (χ0n) is 19.6. The Labute approximate surface area is 198 Å². The highest BCUT2D eigenvalue weighted by molar-refractivity contribution is 7.90. The molecule has 0 atom stereocenters. The first-order chi connectivity index (χ1) is 15.7. The predicted octanol–water partition coefficient (Wildman–Crippen LogP) is 4.53. The largest absolute Gasteiger partial charge is 0.345 e. The molecule has 9 heteroatoms. The smallest absolute Gasteiger partial charge is 0.148 e. The second-order valence-electron chi connectivity index (χ2n) is 9.57. The van der Waals surface area contributed by atoms with E-state index >= 15 is 0 Å². The number of piperidine rings is 1. The number of nitrogens with zero attached hydrogens (tertiary/aromatic N) is 4. The van der Waals surface area contributed by atoms with Crippen LogP contribution >= 0.6 is 11.3 Å². The lowest BCUT2D eigenvalue weighted by molar-refractivity contribution is 0.223. The lowest BCUT2D eigenvalue weighted by Crippen LogP contribution is -2.36. The van der Waals surface area contributed by atoms with E-state index in [9.17, 15) is 8.42 Å². The van der Waals surface area contributed by atoms with Gasteiger partial charge >= 0.3 is 0 Å². The molecule has 4 aromatic heterocycles. The number of aryl methyl sites for hydroxylation is 1. The van der Waals surface area contributed by atoms with Crippen LogP contribution in [-0.2, 0) is 16.9 Å². The van der Waals surface area contributed by atoms with Crippen molar-refractivity contribution in [3.63, 3.8) is 0 Å². The molecule has 0 spiro atoms. The minimum Gasteiger partial charge on any atom is -0.345 e. The van der Waals surface area contributed by atoms with Gasteiger partial charge in [0.1, 0.15) is 25.8 Å². The van der Waals surface area contributed by atoms with Crippen molar-refractivity contribution in [2.24, 2.45) is 7.05 Å². The molecule has 0 unspecified atom stereocenters. The molecule has 7 nitrogen and oxygen atoms in total. The van der Waals surface area contributed by atoms with Gasteiger partial charge in [-0.2, -0.15) is 0 Å². The number of likely N-dealkylation sites (tertiary alicyclic amines) is 1. The highest BCUT2D eigenvalue weighted by atomic mass is 32.2. The van der Waals surface area contributed by atoms with Gasteiger partial charge < -0.3 is 14.5 Å². The molecule has 1 fully saturated rings. The number of hydrogen-bond donors (Lipinski definition) is 1. The van der Waals surface area contributed by atoms with Crippen LogP contribution in [0.2, 0.25) is 0 Å². The van der Waals surface area contributed by atoms with Gasteiger partial charge in [-0.15, -0.1) is 11.3 Å². The van der Waals surface area contributed by atoms with Gasteiger partial charge in [-0.3, -0.25) is 0 Å². The van der Waals surface area contributed by atoms with Crippen molar-refractivity contribution in [3.8, 4) is 11.3 Å². The van der Waals surface area contributed by atoms with Crippen LogP contribution in [0, 0.1) is 0 Å². The Morgan fingerprint density at radius 2 is 2.03 bits per heavy atom. The van der Waals surface area contributed by atoms with E-state index in [-0.39, 0.29) is 5.75 Å². The molecule has 5 rings (SSSR count). The van der Waals surface area contributed by atoms with E-state index in [4.69, 9.17) is 4.98 Å². The third-order valence-electron chi connectivity index (χ3n) is 6.70. The summed E-state index contributed by atoms with van der Waals surface area (Å²) < 4.78 is 25.0. The van der Waals surface area contributed by atoms with Gasteiger partial charge in [0, 0.05) is 54.7 Å². The maximum absolute atomic E-state index is 11.5. The summed E-state index contributed by atoms with van der Waals surface area (Å²) in [7, 11) is -0.873. The van der Waals surface area contributed by atoms with E-state index in [0.717, 1.165) is 53.0 Å². The first-order valence-electron chi connectivity index (χ1n) is 11.5. The van der Waals surface area contributed by atoms with Gasteiger partial charge in [-0.1, -0.05) is 13.8 Å². The maximum atomic E-state index is 11.5. The number of hydrogen-bond acceptors (Lipinski definition) is 6. The molecule has 176 valence electrons. The summed E-state index contributed by atoms with van der Waals surface area (Å²) in [6.07, 6.45) is 7.36. The van der Waals surface area contributed by atoms with Crippen LogP contribution < -0.4 is 0 Å². The van der Waals surface area contributed by atoms with Crippen LogP contribution in [-0.4, -0.2) is 64.5 Å². The van der Waals surface area contributed by atoms with Crippen LogP contribution in [0.5, 0.6) is 0 Å². The average Bonchev–Trinajstić information content (AvgIpc) is 3.43. The van der Waals surface area contributed by atoms with Gasteiger partial charge in [0.05, 0.1) is 16.5 Å². The van der Waals surface area contributed by atoms with Crippen molar-refractivity contribution >= 4 is 42.6 Å². The SMILES string of the molecule is CC(C)c1c(-c2cn(C)c3ncccc23)[nH]c2sc(C3CCN(CCS(C)(=O)=O)CC3)nc12. The van der Waals surface area contributed by atoms with Crippen LogP contribution in [0.25, 0.3) is 32.6 Å². The van der Waals surface area contributed by atoms with Crippen molar-refractivity contribution in [2.45, 2.75) is 38.5 Å². The molecule has 0 saturated carbocycles. The summed E-state index contributed by atoms with van der Waals surface area (Å²) in [6, 6.07) is 4.12. The maximum Gasteiger partial charge on any atom is 0.148 e. The number of aromatic amines is 1. The summed E-state index contributed by atoms with van der Waals surface area (Å²) in [4.78, 5) is 16.8. The van der Waals surface area contributed by atoms with Crippen molar-refractivity contribution in [1.29, 1.82) is 0 Å². The molecular formula is C24H31N5O2S2. The summed E-state index contributed by atoms with van der Waals surface area (Å²) in [6.45, 7) is 6.95. The molecule has 0 amide bonds. The topological polar surface area (TPSA) is 83.9 Å². The zero-order chi connectivity index (χ0) is 23.3. The van der Waals surface area contributed by atoms with E-state index < -0.39 is 9.84 Å². The Morgan fingerprint density at radius 3 is 2.73 bits per heavy atom. The molecule has 5 heterocycles. The summed E-state index contributed by atoms with van der Waals surface area (Å²) >= 11 is 1.78. The average molecular weight is 486 g/mol. The highest BCUT2D eigenvalue weighted by Crippen LogP contribution is 2.42. The molecule has 1 N–H and O–H groups in total. The minimum absolute atomic E-state index is 0.238. The monoisotopic (exact) mass is 485 g/mol. The second kappa shape index (κ2) is 8.52. The molecule has 1 saturated heterocycles. The number of aromatic nitrogens is 4. The zero-order valence-corrected chi connectivity index (χ0v) is 21.3. The highest BCUT2D eigenvalue weighted by Gasteiger charge is 2.27. The van der Waals surface area contributed by atoms with Gasteiger partial charge in [-0.05, 0) is 44.0 Å². The third kappa shape index (κ3) is 4.34. The first kappa shape index (κ1) is 22.6. The normalized spacial score (nSPS) is 16.5. The van der Waals surface area contributed by atoms with Crippen LogP contribution in [0.3, 0.4) is 0 Å². The summed E-state index contributed by atoms with van der Waals surface area (Å²) in [5, 5.41) is 2.35.